The van der Waals surface area contributed by atoms with Crippen LogP contribution in [-0.2, 0) is 4.79 Å². The molecule has 2 aromatic carbocycles. The van der Waals surface area contributed by atoms with Crippen molar-refractivity contribution in [2.24, 2.45) is 5.10 Å². The van der Waals surface area contributed by atoms with Crippen molar-refractivity contribution in [2.45, 2.75) is 6.42 Å². The Morgan fingerprint density at radius 2 is 1.90 bits per heavy atom. The Bertz CT molecular complexity index is 670. The summed E-state index contributed by atoms with van der Waals surface area (Å²) in [6.07, 6.45) is 0.251. The maximum atomic E-state index is 12.0. The molecule has 100 valence electrons. The van der Waals surface area contributed by atoms with Gasteiger partial charge in [-0.15, -0.1) is 0 Å². The van der Waals surface area contributed by atoms with Gasteiger partial charge in [-0.1, -0.05) is 35.9 Å². The van der Waals surface area contributed by atoms with E-state index in [-0.39, 0.29) is 12.3 Å². The number of hydrogen-bond acceptors (Lipinski definition) is 3. The molecule has 0 bridgehead atoms. The molecule has 4 nitrogen and oxygen atoms in total. The first kappa shape index (κ1) is 12.7. The standard InChI is InChI=1S/C15H12ClN3O/c16-11-5-4-6-12(9-11)17-14-10-15(20)19(18-14)13-7-2-1-3-8-13/h1-9H,10H2,(H,17,18). The topological polar surface area (TPSA) is 44.7 Å². The molecule has 1 N–H and O–H groups in total. The van der Waals surface area contributed by atoms with Gasteiger partial charge in [-0.25, -0.2) is 0 Å². The van der Waals surface area contributed by atoms with E-state index in [1.54, 1.807) is 12.1 Å². The van der Waals surface area contributed by atoms with Gasteiger partial charge in [0.15, 0.2) is 0 Å². The van der Waals surface area contributed by atoms with Gasteiger partial charge in [0, 0.05) is 10.7 Å². The number of carbonyl (C=O) groups is 1. The molecule has 0 fully saturated rings. The molecule has 2 aromatic rings. The van der Waals surface area contributed by atoms with Crippen LogP contribution >= 0.6 is 11.6 Å². The molecular weight excluding hydrogens is 274 g/mol. The molecule has 0 unspecified atom stereocenters. The summed E-state index contributed by atoms with van der Waals surface area (Å²) in [5, 5.41) is 9.47. The molecule has 1 aliphatic heterocycles. The Balaban J connectivity index is 1.80. The lowest BCUT2D eigenvalue weighted by molar-refractivity contribution is -0.116. The van der Waals surface area contributed by atoms with Crippen molar-refractivity contribution >= 4 is 34.7 Å². The van der Waals surface area contributed by atoms with E-state index < -0.39 is 0 Å². The minimum atomic E-state index is -0.0549. The summed E-state index contributed by atoms with van der Waals surface area (Å²) in [5.41, 5.74) is 1.58. The third kappa shape index (κ3) is 2.65. The third-order valence-corrected chi connectivity index (χ3v) is 3.12. The van der Waals surface area contributed by atoms with Gasteiger partial charge in [-0.3, -0.25) is 4.79 Å². The van der Waals surface area contributed by atoms with Crippen molar-refractivity contribution in [1.29, 1.82) is 0 Å². The highest BCUT2D eigenvalue weighted by atomic mass is 35.5. The first-order valence-corrected chi connectivity index (χ1v) is 6.58. The fourth-order valence-corrected chi connectivity index (χ4v) is 2.19. The number of hydrazone groups is 1. The highest BCUT2D eigenvalue weighted by Gasteiger charge is 2.25. The van der Waals surface area contributed by atoms with Gasteiger partial charge in [0.25, 0.3) is 5.91 Å². The zero-order chi connectivity index (χ0) is 13.9. The normalized spacial score (nSPS) is 14.3. The number of benzene rings is 2. The van der Waals surface area contributed by atoms with E-state index in [1.807, 2.05) is 42.5 Å². The maximum absolute atomic E-state index is 12.0. The van der Waals surface area contributed by atoms with E-state index in [9.17, 15) is 4.79 Å². The van der Waals surface area contributed by atoms with E-state index in [1.165, 1.54) is 5.01 Å². The molecule has 0 saturated carbocycles. The van der Waals surface area contributed by atoms with E-state index in [4.69, 9.17) is 11.6 Å². The molecule has 0 aromatic heterocycles. The van der Waals surface area contributed by atoms with Gasteiger partial charge in [0.05, 0.1) is 12.1 Å². The number of amides is 1. The summed E-state index contributed by atoms with van der Waals surface area (Å²) in [6, 6.07) is 16.7. The zero-order valence-corrected chi connectivity index (χ0v) is 11.3. The molecule has 1 aliphatic rings. The molecule has 1 heterocycles. The van der Waals surface area contributed by atoms with Crippen molar-refractivity contribution in [2.75, 3.05) is 10.3 Å². The molecular formula is C15H12ClN3O. The van der Waals surface area contributed by atoms with Crippen LogP contribution in [0.2, 0.25) is 5.02 Å². The monoisotopic (exact) mass is 285 g/mol. The number of carbonyl (C=O) groups excluding carboxylic acids is 1. The Morgan fingerprint density at radius 3 is 2.65 bits per heavy atom. The second-order valence-electron chi connectivity index (χ2n) is 4.40. The van der Waals surface area contributed by atoms with Gasteiger partial charge in [-0.05, 0) is 30.3 Å². The van der Waals surface area contributed by atoms with Crippen molar-refractivity contribution in [1.82, 2.24) is 0 Å². The summed E-state index contributed by atoms with van der Waals surface area (Å²) in [6.45, 7) is 0. The smallest absolute Gasteiger partial charge is 0.255 e. The molecule has 0 radical (unpaired) electrons. The first-order chi connectivity index (χ1) is 9.72. The van der Waals surface area contributed by atoms with Gasteiger partial charge >= 0.3 is 0 Å². The Morgan fingerprint density at radius 1 is 1.10 bits per heavy atom. The fraction of sp³-hybridized carbons (Fsp3) is 0.0667. The molecule has 20 heavy (non-hydrogen) atoms. The Hall–Kier alpha value is -2.33. The molecule has 0 saturated heterocycles. The van der Waals surface area contributed by atoms with E-state index in [0.29, 0.717) is 10.9 Å². The summed E-state index contributed by atoms with van der Waals surface area (Å²) < 4.78 is 0. The molecule has 1 amide bonds. The molecule has 0 aliphatic carbocycles. The number of nitrogens with one attached hydrogen (secondary N) is 1. The summed E-state index contributed by atoms with van der Waals surface area (Å²) in [5.74, 6) is 0.557. The third-order valence-electron chi connectivity index (χ3n) is 2.89. The largest absolute Gasteiger partial charge is 0.342 e. The van der Waals surface area contributed by atoms with E-state index in [0.717, 1.165) is 11.4 Å². The van der Waals surface area contributed by atoms with Crippen LogP contribution in [0.25, 0.3) is 0 Å². The minimum Gasteiger partial charge on any atom is -0.342 e. The van der Waals surface area contributed by atoms with Gasteiger partial charge in [0.1, 0.15) is 5.84 Å². The maximum Gasteiger partial charge on any atom is 0.255 e. The molecule has 0 spiro atoms. The van der Waals surface area contributed by atoms with Gasteiger partial charge < -0.3 is 5.32 Å². The lowest BCUT2D eigenvalue weighted by atomic mass is 10.3. The predicted octanol–water partition coefficient (Wildman–Crippen LogP) is 3.50. The van der Waals surface area contributed by atoms with Gasteiger partial charge in [0.2, 0.25) is 0 Å². The van der Waals surface area contributed by atoms with Crippen LogP contribution in [0, 0.1) is 0 Å². The van der Waals surface area contributed by atoms with Crippen molar-refractivity contribution < 1.29 is 4.79 Å². The van der Waals surface area contributed by atoms with Crippen LogP contribution in [0.1, 0.15) is 6.42 Å². The van der Waals surface area contributed by atoms with Crippen LogP contribution in [0.5, 0.6) is 0 Å². The van der Waals surface area contributed by atoms with Crippen LogP contribution in [0.4, 0.5) is 11.4 Å². The van der Waals surface area contributed by atoms with Crippen LogP contribution in [-0.4, -0.2) is 11.7 Å². The molecule has 0 atom stereocenters. The number of halogens is 1. The predicted molar refractivity (Wildman–Crippen MR) is 81.1 cm³/mol. The Labute approximate surface area is 121 Å². The number of anilines is 2. The average Bonchev–Trinajstić information content (AvgIpc) is 2.80. The SMILES string of the molecule is O=C1CC(Nc2cccc(Cl)c2)=NN1c1ccccc1. The lowest BCUT2D eigenvalue weighted by Crippen LogP contribution is -2.19. The number of hydrogen-bond donors (Lipinski definition) is 1. The summed E-state index contributed by atoms with van der Waals surface area (Å²) in [7, 11) is 0. The highest BCUT2D eigenvalue weighted by molar-refractivity contribution is 6.31. The van der Waals surface area contributed by atoms with Gasteiger partial charge in [-0.2, -0.15) is 10.1 Å². The second kappa shape index (κ2) is 5.35. The van der Waals surface area contributed by atoms with Crippen molar-refractivity contribution in [3.8, 4) is 0 Å². The van der Waals surface area contributed by atoms with Crippen LogP contribution < -0.4 is 10.3 Å². The minimum absolute atomic E-state index is 0.0549. The molecule has 5 heteroatoms. The second-order valence-corrected chi connectivity index (χ2v) is 4.84. The van der Waals surface area contributed by atoms with Crippen LogP contribution in [0.15, 0.2) is 59.7 Å². The summed E-state index contributed by atoms with van der Waals surface area (Å²) in [4.78, 5) is 12.0. The van der Waals surface area contributed by atoms with E-state index >= 15 is 0 Å². The first-order valence-electron chi connectivity index (χ1n) is 6.20. The number of para-hydroxylation sites is 1. The zero-order valence-electron chi connectivity index (χ0n) is 10.6. The van der Waals surface area contributed by atoms with Crippen LogP contribution in [0.3, 0.4) is 0 Å². The number of nitrogens with zero attached hydrogens (tertiary/aromatic N) is 2. The highest BCUT2D eigenvalue weighted by Crippen LogP contribution is 2.21. The average molecular weight is 286 g/mol. The lowest BCUT2D eigenvalue weighted by Gasteiger charge is -2.10. The molecule has 3 rings (SSSR count). The van der Waals surface area contributed by atoms with E-state index in [2.05, 4.69) is 10.4 Å². The number of rotatable bonds is 2. The van der Waals surface area contributed by atoms with Crippen molar-refractivity contribution in [3.05, 3.63) is 59.6 Å². The quantitative estimate of drug-likeness (QED) is 0.918. The number of amidine groups is 1. The Kier molecular flexibility index (Phi) is 3.39. The fourth-order valence-electron chi connectivity index (χ4n) is 2.00. The summed E-state index contributed by atoms with van der Waals surface area (Å²) >= 11 is 5.93. The van der Waals surface area contributed by atoms with Crippen molar-refractivity contribution in [3.63, 3.8) is 0 Å².